The Morgan fingerprint density at radius 3 is 2.47 bits per heavy atom. The predicted molar refractivity (Wildman–Crippen MR) is 69.6 cm³/mol. The highest BCUT2D eigenvalue weighted by molar-refractivity contribution is 6.31. The number of hydrogen-bond acceptors (Lipinski definition) is 2. The van der Waals surface area contributed by atoms with Gasteiger partial charge in [0, 0.05) is 18.1 Å². The average Bonchev–Trinajstić information content (AvgIpc) is 2.33. The van der Waals surface area contributed by atoms with Crippen molar-refractivity contribution in [3.05, 3.63) is 28.8 Å². The number of halogens is 1. The number of methoxy groups -OCH3 is 1. The van der Waals surface area contributed by atoms with Gasteiger partial charge in [-0.1, -0.05) is 17.7 Å². The average molecular weight is 256 g/mol. The summed E-state index contributed by atoms with van der Waals surface area (Å²) >= 11 is 6.09. The Bertz CT molecular complexity index is 389. The van der Waals surface area contributed by atoms with Crippen molar-refractivity contribution < 1.29 is 9.53 Å². The zero-order valence-electron chi connectivity index (χ0n) is 10.5. The second-order valence-corrected chi connectivity index (χ2v) is 4.11. The molecule has 0 aliphatic heterocycles. The van der Waals surface area contributed by atoms with E-state index in [1.54, 1.807) is 18.1 Å². The maximum absolute atomic E-state index is 11.9. The number of rotatable bonds is 5. The van der Waals surface area contributed by atoms with Crippen molar-refractivity contribution >= 4 is 17.5 Å². The molecule has 0 N–H and O–H groups in total. The normalized spacial score (nSPS) is 10.1. The van der Waals surface area contributed by atoms with Gasteiger partial charge in [0.05, 0.1) is 13.5 Å². The molecule has 0 saturated heterocycles. The van der Waals surface area contributed by atoms with Gasteiger partial charge in [-0.3, -0.25) is 4.79 Å². The Morgan fingerprint density at radius 2 is 2.00 bits per heavy atom. The van der Waals surface area contributed by atoms with Crippen LogP contribution in [0.4, 0.5) is 0 Å². The van der Waals surface area contributed by atoms with Crippen LogP contribution in [0.3, 0.4) is 0 Å². The van der Waals surface area contributed by atoms with Crippen molar-refractivity contribution in [3.63, 3.8) is 0 Å². The summed E-state index contributed by atoms with van der Waals surface area (Å²) in [4.78, 5) is 13.7. The van der Waals surface area contributed by atoms with Crippen LogP contribution in [0.25, 0.3) is 0 Å². The Hall–Kier alpha value is -1.22. The lowest BCUT2D eigenvalue weighted by Crippen LogP contribution is -2.31. The van der Waals surface area contributed by atoms with Gasteiger partial charge in [0.15, 0.2) is 0 Å². The van der Waals surface area contributed by atoms with Crippen LogP contribution in [0.1, 0.15) is 19.4 Å². The van der Waals surface area contributed by atoms with Crippen molar-refractivity contribution in [3.8, 4) is 5.75 Å². The lowest BCUT2D eigenvalue weighted by molar-refractivity contribution is -0.130. The quantitative estimate of drug-likeness (QED) is 0.810. The van der Waals surface area contributed by atoms with Crippen LogP contribution >= 0.6 is 11.6 Å². The van der Waals surface area contributed by atoms with E-state index in [1.807, 2.05) is 26.0 Å². The molecule has 0 heterocycles. The summed E-state index contributed by atoms with van der Waals surface area (Å²) in [6.07, 6.45) is 0.338. The fourth-order valence-corrected chi connectivity index (χ4v) is 1.89. The van der Waals surface area contributed by atoms with Crippen LogP contribution < -0.4 is 4.74 Å². The number of amides is 1. The van der Waals surface area contributed by atoms with Crippen LogP contribution in [0.5, 0.6) is 5.75 Å². The number of hydrogen-bond donors (Lipinski definition) is 0. The van der Waals surface area contributed by atoms with Gasteiger partial charge in [0.1, 0.15) is 5.75 Å². The zero-order valence-corrected chi connectivity index (χ0v) is 11.3. The largest absolute Gasteiger partial charge is 0.497 e. The third kappa shape index (κ3) is 3.63. The van der Waals surface area contributed by atoms with Gasteiger partial charge in [0.2, 0.25) is 5.91 Å². The number of ether oxygens (including phenoxy) is 1. The van der Waals surface area contributed by atoms with E-state index in [2.05, 4.69) is 0 Å². The molecule has 0 spiro atoms. The van der Waals surface area contributed by atoms with Gasteiger partial charge in [0.25, 0.3) is 0 Å². The van der Waals surface area contributed by atoms with Gasteiger partial charge >= 0.3 is 0 Å². The second kappa shape index (κ2) is 6.50. The minimum atomic E-state index is 0.0991. The Morgan fingerprint density at radius 1 is 1.35 bits per heavy atom. The first-order valence-electron chi connectivity index (χ1n) is 5.72. The smallest absolute Gasteiger partial charge is 0.227 e. The molecule has 1 aromatic carbocycles. The van der Waals surface area contributed by atoms with Crippen molar-refractivity contribution in [2.24, 2.45) is 0 Å². The summed E-state index contributed by atoms with van der Waals surface area (Å²) < 4.78 is 5.06. The molecule has 0 radical (unpaired) electrons. The molecular weight excluding hydrogens is 238 g/mol. The van der Waals surface area contributed by atoms with Crippen LogP contribution in [0.15, 0.2) is 18.2 Å². The standard InChI is InChI=1S/C13H18ClNO2/c1-4-15(5-2)13(16)8-10-6-7-11(17-3)9-12(10)14/h6-7,9H,4-5,8H2,1-3H3. The highest BCUT2D eigenvalue weighted by Crippen LogP contribution is 2.23. The van der Waals surface area contributed by atoms with Crippen LogP contribution in [-0.2, 0) is 11.2 Å². The SMILES string of the molecule is CCN(CC)C(=O)Cc1ccc(OC)cc1Cl. The van der Waals surface area contributed by atoms with Crippen molar-refractivity contribution in [2.75, 3.05) is 20.2 Å². The van der Waals surface area contributed by atoms with Gasteiger partial charge in [-0.05, 0) is 31.5 Å². The topological polar surface area (TPSA) is 29.5 Å². The third-order valence-corrected chi connectivity index (χ3v) is 3.07. The number of benzene rings is 1. The van der Waals surface area contributed by atoms with E-state index in [-0.39, 0.29) is 5.91 Å². The van der Waals surface area contributed by atoms with E-state index in [0.717, 1.165) is 18.7 Å². The molecule has 0 aromatic heterocycles. The fraction of sp³-hybridized carbons (Fsp3) is 0.462. The first kappa shape index (κ1) is 13.8. The Kier molecular flexibility index (Phi) is 5.29. The van der Waals surface area contributed by atoms with Crippen LogP contribution in [0.2, 0.25) is 5.02 Å². The predicted octanol–water partition coefficient (Wildman–Crippen LogP) is 2.76. The maximum Gasteiger partial charge on any atom is 0.227 e. The molecule has 1 aromatic rings. The summed E-state index contributed by atoms with van der Waals surface area (Å²) in [5, 5.41) is 0.574. The van der Waals surface area contributed by atoms with E-state index in [1.165, 1.54) is 0 Å². The minimum absolute atomic E-state index is 0.0991. The summed E-state index contributed by atoms with van der Waals surface area (Å²) in [7, 11) is 1.59. The molecule has 0 unspecified atom stereocenters. The van der Waals surface area contributed by atoms with E-state index in [0.29, 0.717) is 17.2 Å². The van der Waals surface area contributed by atoms with Gasteiger partial charge in [-0.2, -0.15) is 0 Å². The molecule has 0 aliphatic carbocycles. The molecule has 94 valence electrons. The van der Waals surface area contributed by atoms with Crippen LogP contribution in [0, 0.1) is 0 Å². The number of carbonyl (C=O) groups excluding carboxylic acids is 1. The number of nitrogens with zero attached hydrogens (tertiary/aromatic N) is 1. The molecular formula is C13H18ClNO2. The molecule has 0 atom stereocenters. The molecule has 0 fully saturated rings. The summed E-state index contributed by atoms with van der Waals surface area (Å²) in [6.45, 7) is 5.39. The first-order chi connectivity index (χ1) is 8.12. The number of carbonyl (C=O) groups is 1. The molecule has 0 aliphatic rings. The molecule has 4 heteroatoms. The molecule has 3 nitrogen and oxygen atoms in total. The Labute approximate surface area is 107 Å². The third-order valence-electron chi connectivity index (χ3n) is 2.72. The fourth-order valence-electron chi connectivity index (χ4n) is 1.65. The van der Waals surface area contributed by atoms with Gasteiger partial charge in [-0.15, -0.1) is 0 Å². The first-order valence-corrected chi connectivity index (χ1v) is 6.10. The van der Waals surface area contributed by atoms with Crippen molar-refractivity contribution in [1.82, 2.24) is 4.90 Å². The Balaban J connectivity index is 2.78. The van der Waals surface area contributed by atoms with Crippen molar-refractivity contribution in [1.29, 1.82) is 0 Å². The summed E-state index contributed by atoms with van der Waals surface area (Å²) in [5.41, 5.74) is 0.837. The monoisotopic (exact) mass is 255 g/mol. The second-order valence-electron chi connectivity index (χ2n) is 3.70. The molecule has 17 heavy (non-hydrogen) atoms. The van der Waals surface area contributed by atoms with Gasteiger partial charge in [-0.25, -0.2) is 0 Å². The van der Waals surface area contributed by atoms with E-state index < -0.39 is 0 Å². The minimum Gasteiger partial charge on any atom is -0.497 e. The molecule has 0 saturated carbocycles. The molecule has 1 amide bonds. The molecule has 0 bridgehead atoms. The zero-order chi connectivity index (χ0) is 12.8. The van der Waals surface area contributed by atoms with E-state index >= 15 is 0 Å². The van der Waals surface area contributed by atoms with Gasteiger partial charge < -0.3 is 9.64 Å². The molecule has 1 rings (SSSR count). The van der Waals surface area contributed by atoms with Crippen LogP contribution in [-0.4, -0.2) is 31.0 Å². The maximum atomic E-state index is 11.9. The number of likely N-dealkylation sites (N-methyl/N-ethyl adjacent to an activating group) is 1. The lowest BCUT2D eigenvalue weighted by atomic mass is 10.1. The van der Waals surface area contributed by atoms with E-state index in [9.17, 15) is 4.79 Å². The summed E-state index contributed by atoms with van der Waals surface area (Å²) in [5.74, 6) is 0.802. The van der Waals surface area contributed by atoms with E-state index in [4.69, 9.17) is 16.3 Å². The summed E-state index contributed by atoms with van der Waals surface area (Å²) in [6, 6.07) is 5.38. The highest BCUT2D eigenvalue weighted by Gasteiger charge is 2.12. The van der Waals surface area contributed by atoms with Crippen molar-refractivity contribution in [2.45, 2.75) is 20.3 Å². The highest BCUT2D eigenvalue weighted by atomic mass is 35.5. The lowest BCUT2D eigenvalue weighted by Gasteiger charge is -2.18.